The predicted molar refractivity (Wildman–Crippen MR) is 104 cm³/mol. The number of nitrogens with one attached hydrogen (secondary N) is 2. The van der Waals surface area contributed by atoms with Crippen LogP contribution in [-0.4, -0.2) is 31.7 Å². The minimum absolute atomic E-state index is 0.445. The molecule has 7 heteroatoms. The zero-order chi connectivity index (χ0) is 18.2. The number of aromatic nitrogens is 1. The number of guanidine groups is 1. The average Bonchev–Trinajstić information content (AvgIpc) is 3.09. The fourth-order valence-corrected chi connectivity index (χ4v) is 3.00. The van der Waals surface area contributed by atoms with Gasteiger partial charge in [0, 0.05) is 29.6 Å². The van der Waals surface area contributed by atoms with E-state index >= 15 is 0 Å². The summed E-state index contributed by atoms with van der Waals surface area (Å²) in [4.78, 5) is 9.23. The Bertz CT molecular complexity index is 713. The molecule has 1 aromatic heterocycles. The van der Waals surface area contributed by atoms with Gasteiger partial charge in [-0.25, -0.2) is 9.98 Å². The van der Waals surface area contributed by atoms with Crippen molar-refractivity contribution in [1.29, 1.82) is 0 Å². The van der Waals surface area contributed by atoms with Crippen LogP contribution in [0.1, 0.15) is 37.4 Å². The molecule has 0 atom stereocenters. The molecule has 0 saturated heterocycles. The molecule has 0 aliphatic carbocycles. The van der Waals surface area contributed by atoms with Crippen molar-refractivity contribution < 1.29 is 9.47 Å². The number of benzene rings is 1. The number of anilines is 1. The van der Waals surface area contributed by atoms with Crippen molar-refractivity contribution in [3.63, 3.8) is 0 Å². The highest BCUT2D eigenvalue weighted by Crippen LogP contribution is 2.29. The summed E-state index contributed by atoms with van der Waals surface area (Å²) < 4.78 is 10.6. The Kier molecular flexibility index (Phi) is 7.06. The van der Waals surface area contributed by atoms with Gasteiger partial charge < -0.3 is 20.1 Å². The highest BCUT2D eigenvalue weighted by atomic mass is 32.1. The third-order valence-corrected chi connectivity index (χ3v) is 4.65. The van der Waals surface area contributed by atoms with E-state index in [0.29, 0.717) is 29.9 Å². The number of aliphatic imine (C=N–C) groups is 1. The van der Waals surface area contributed by atoms with Gasteiger partial charge in [0.05, 0.1) is 31.5 Å². The lowest BCUT2D eigenvalue weighted by molar-refractivity contribution is 0.355. The molecule has 0 unspecified atom stereocenters. The lowest BCUT2D eigenvalue weighted by atomic mass is 10.2. The Morgan fingerprint density at radius 1 is 1.24 bits per heavy atom. The molecular weight excluding hydrogens is 336 g/mol. The number of hydrogen-bond donors (Lipinski definition) is 2. The van der Waals surface area contributed by atoms with Crippen LogP contribution in [0.4, 0.5) is 5.69 Å². The number of ether oxygens (including phenoxy) is 2. The monoisotopic (exact) mass is 362 g/mol. The molecule has 0 radical (unpaired) electrons. The van der Waals surface area contributed by atoms with Gasteiger partial charge in [-0.2, -0.15) is 0 Å². The lowest BCUT2D eigenvalue weighted by Crippen LogP contribution is -2.30. The highest BCUT2D eigenvalue weighted by Gasteiger charge is 2.08. The van der Waals surface area contributed by atoms with Gasteiger partial charge in [0.25, 0.3) is 0 Å². The summed E-state index contributed by atoms with van der Waals surface area (Å²) in [6.45, 7) is 7.63. The van der Waals surface area contributed by atoms with Gasteiger partial charge in [0.15, 0.2) is 17.5 Å². The minimum atomic E-state index is 0.445. The second kappa shape index (κ2) is 9.27. The first-order valence-corrected chi connectivity index (χ1v) is 9.17. The van der Waals surface area contributed by atoms with Crippen LogP contribution in [0.25, 0.3) is 0 Å². The standard InChI is InChI=1S/C18H26N4O2S/c1-6-19-18(20-10-14-11-25-17(21-14)12(2)3)22-13-7-8-15(23-4)16(9-13)24-5/h7-9,11-12H,6,10H2,1-5H3,(H2,19,20,22). The summed E-state index contributed by atoms with van der Waals surface area (Å²) in [5.74, 6) is 2.51. The summed E-state index contributed by atoms with van der Waals surface area (Å²) in [5.41, 5.74) is 1.86. The molecule has 2 N–H and O–H groups in total. The molecule has 0 amide bonds. The van der Waals surface area contributed by atoms with E-state index in [4.69, 9.17) is 9.47 Å². The fraction of sp³-hybridized carbons (Fsp3) is 0.444. The molecule has 0 fully saturated rings. The molecule has 0 bridgehead atoms. The molecule has 0 aliphatic rings. The van der Waals surface area contributed by atoms with Crippen molar-refractivity contribution in [1.82, 2.24) is 10.3 Å². The number of hydrogen-bond acceptors (Lipinski definition) is 5. The Morgan fingerprint density at radius 2 is 2.00 bits per heavy atom. The van der Waals surface area contributed by atoms with Crippen molar-refractivity contribution in [2.45, 2.75) is 33.2 Å². The second-order valence-electron chi connectivity index (χ2n) is 5.72. The van der Waals surface area contributed by atoms with Gasteiger partial charge in [-0.15, -0.1) is 11.3 Å². The zero-order valence-electron chi connectivity index (χ0n) is 15.4. The third-order valence-electron chi connectivity index (χ3n) is 3.45. The van der Waals surface area contributed by atoms with E-state index in [1.165, 1.54) is 0 Å². The quantitative estimate of drug-likeness (QED) is 0.578. The van der Waals surface area contributed by atoms with E-state index < -0.39 is 0 Å². The largest absolute Gasteiger partial charge is 0.493 e. The van der Waals surface area contributed by atoms with Crippen molar-refractivity contribution in [3.8, 4) is 11.5 Å². The molecule has 2 rings (SSSR count). The van der Waals surface area contributed by atoms with Crippen LogP contribution >= 0.6 is 11.3 Å². The van der Waals surface area contributed by atoms with Crippen LogP contribution in [0, 0.1) is 0 Å². The molecule has 6 nitrogen and oxygen atoms in total. The Balaban J connectivity index is 2.11. The number of nitrogens with zero attached hydrogens (tertiary/aromatic N) is 2. The van der Waals surface area contributed by atoms with Gasteiger partial charge in [0.1, 0.15) is 0 Å². The molecule has 1 heterocycles. The van der Waals surface area contributed by atoms with E-state index in [1.807, 2.05) is 25.1 Å². The molecule has 2 aromatic rings. The smallest absolute Gasteiger partial charge is 0.196 e. The van der Waals surface area contributed by atoms with E-state index in [0.717, 1.165) is 22.9 Å². The topological polar surface area (TPSA) is 67.8 Å². The van der Waals surface area contributed by atoms with Crippen LogP contribution in [-0.2, 0) is 6.54 Å². The molecule has 25 heavy (non-hydrogen) atoms. The first-order valence-electron chi connectivity index (χ1n) is 8.29. The van der Waals surface area contributed by atoms with Gasteiger partial charge in [-0.05, 0) is 19.1 Å². The Labute approximate surface area is 153 Å². The summed E-state index contributed by atoms with van der Waals surface area (Å²) >= 11 is 1.68. The summed E-state index contributed by atoms with van der Waals surface area (Å²) in [6, 6.07) is 5.67. The SMILES string of the molecule is CCNC(=NCc1csc(C(C)C)n1)Nc1ccc(OC)c(OC)c1. The average molecular weight is 362 g/mol. The first kappa shape index (κ1) is 19.1. The lowest BCUT2D eigenvalue weighted by Gasteiger charge is -2.13. The van der Waals surface area contributed by atoms with E-state index in [9.17, 15) is 0 Å². The van der Waals surface area contributed by atoms with Gasteiger partial charge in [-0.1, -0.05) is 13.8 Å². The maximum absolute atomic E-state index is 5.34. The third kappa shape index (κ3) is 5.35. The maximum Gasteiger partial charge on any atom is 0.196 e. The van der Waals surface area contributed by atoms with Crippen LogP contribution < -0.4 is 20.1 Å². The maximum atomic E-state index is 5.34. The molecular formula is C18H26N4O2S. The summed E-state index contributed by atoms with van der Waals surface area (Å²) in [6.07, 6.45) is 0. The predicted octanol–water partition coefficient (Wildman–Crippen LogP) is 3.86. The molecule has 1 aromatic carbocycles. The van der Waals surface area contributed by atoms with Crippen LogP contribution in [0.15, 0.2) is 28.6 Å². The van der Waals surface area contributed by atoms with Crippen molar-refractivity contribution in [3.05, 3.63) is 34.3 Å². The van der Waals surface area contributed by atoms with Crippen molar-refractivity contribution in [2.75, 3.05) is 26.1 Å². The number of methoxy groups -OCH3 is 2. The van der Waals surface area contributed by atoms with E-state index in [1.54, 1.807) is 25.6 Å². The Hall–Kier alpha value is -2.28. The van der Waals surface area contributed by atoms with Gasteiger partial charge in [-0.3, -0.25) is 0 Å². The first-order chi connectivity index (χ1) is 12.1. The van der Waals surface area contributed by atoms with Gasteiger partial charge >= 0.3 is 0 Å². The second-order valence-corrected chi connectivity index (χ2v) is 6.61. The number of rotatable bonds is 7. The fourth-order valence-electron chi connectivity index (χ4n) is 2.18. The van der Waals surface area contributed by atoms with E-state index in [-0.39, 0.29) is 0 Å². The Morgan fingerprint density at radius 3 is 2.60 bits per heavy atom. The normalized spacial score (nSPS) is 11.5. The van der Waals surface area contributed by atoms with Gasteiger partial charge in [0.2, 0.25) is 0 Å². The van der Waals surface area contributed by atoms with Crippen molar-refractivity contribution in [2.24, 2.45) is 4.99 Å². The van der Waals surface area contributed by atoms with E-state index in [2.05, 4.69) is 39.8 Å². The van der Waals surface area contributed by atoms with Crippen LogP contribution in [0.3, 0.4) is 0 Å². The highest BCUT2D eigenvalue weighted by molar-refractivity contribution is 7.09. The molecule has 136 valence electrons. The minimum Gasteiger partial charge on any atom is -0.493 e. The van der Waals surface area contributed by atoms with Crippen LogP contribution in [0.2, 0.25) is 0 Å². The molecule has 0 aliphatic heterocycles. The van der Waals surface area contributed by atoms with Crippen molar-refractivity contribution >= 4 is 23.0 Å². The summed E-state index contributed by atoms with van der Waals surface area (Å²) in [7, 11) is 3.24. The summed E-state index contributed by atoms with van der Waals surface area (Å²) in [5, 5.41) is 9.73. The van der Waals surface area contributed by atoms with Crippen LogP contribution in [0.5, 0.6) is 11.5 Å². The molecule has 0 saturated carbocycles. The number of thiazole rings is 1. The zero-order valence-corrected chi connectivity index (χ0v) is 16.2. The molecule has 0 spiro atoms.